The minimum absolute atomic E-state index is 0.110. The molecular formula is C17H20N4O4. The molecule has 1 saturated heterocycles. The molecule has 0 bridgehead atoms. The summed E-state index contributed by atoms with van der Waals surface area (Å²) in [7, 11) is 0. The second-order valence-corrected chi connectivity index (χ2v) is 6.43. The topological polar surface area (TPSA) is 110 Å². The van der Waals surface area contributed by atoms with Crippen LogP contribution in [0.2, 0.25) is 0 Å². The number of nitrogens with one attached hydrogen (secondary N) is 2. The summed E-state index contributed by atoms with van der Waals surface area (Å²) in [4.78, 5) is 31.4. The molecule has 2 aromatic rings. The molecule has 0 spiro atoms. The van der Waals surface area contributed by atoms with Crippen molar-refractivity contribution in [2.45, 2.75) is 44.6 Å². The van der Waals surface area contributed by atoms with Crippen molar-refractivity contribution < 1.29 is 14.1 Å². The van der Waals surface area contributed by atoms with Gasteiger partial charge < -0.3 is 19.6 Å². The summed E-state index contributed by atoms with van der Waals surface area (Å²) in [6.45, 7) is 1.05. The Morgan fingerprint density at radius 3 is 3.12 bits per heavy atom. The van der Waals surface area contributed by atoms with Crippen LogP contribution >= 0.6 is 0 Å². The van der Waals surface area contributed by atoms with Crippen LogP contribution in [-0.4, -0.2) is 34.2 Å². The highest BCUT2D eigenvalue weighted by Gasteiger charge is 2.24. The van der Waals surface area contributed by atoms with Crippen molar-refractivity contribution in [3.05, 3.63) is 45.0 Å². The average Bonchev–Trinajstić information content (AvgIpc) is 3.34. The molecule has 0 saturated carbocycles. The van der Waals surface area contributed by atoms with Gasteiger partial charge in [0.25, 0.3) is 17.4 Å². The molecule has 1 fully saturated rings. The lowest BCUT2D eigenvalue weighted by Gasteiger charge is -2.05. The standard InChI is InChI=1S/C17H20N4O4/c22-15(11-9-10-3-1-4-12(10)19-16(11)23)18-7-6-14-20-17(25-21-14)13-5-2-8-24-13/h9,13H,1-8H2,(H,18,22)(H,19,23)/t13-/m0/s1. The molecule has 2 aliphatic rings. The molecule has 0 radical (unpaired) electrons. The lowest BCUT2D eigenvalue weighted by atomic mass is 10.1. The Morgan fingerprint density at radius 2 is 2.28 bits per heavy atom. The van der Waals surface area contributed by atoms with Gasteiger partial charge in [-0.15, -0.1) is 0 Å². The fourth-order valence-corrected chi connectivity index (χ4v) is 3.34. The van der Waals surface area contributed by atoms with E-state index in [1.165, 1.54) is 0 Å². The molecule has 2 N–H and O–H groups in total. The van der Waals surface area contributed by atoms with Gasteiger partial charge in [0.1, 0.15) is 11.7 Å². The van der Waals surface area contributed by atoms with E-state index in [1.807, 2.05) is 0 Å². The van der Waals surface area contributed by atoms with Crippen LogP contribution in [0, 0.1) is 0 Å². The number of fused-ring (bicyclic) bond motifs is 1. The predicted molar refractivity (Wildman–Crippen MR) is 87.3 cm³/mol. The number of hydrogen-bond donors (Lipinski definition) is 2. The lowest BCUT2D eigenvalue weighted by Crippen LogP contribution is -2.31. The Labute approximate surface area is 144 Å². The molecule has 3 heterocycles. The molecule has 1 aliphatic carbocycles. The monoisotopic (exact) mass is 344 g/mol. The molecule has 4 rings (SSSR count). The first-order chi connectivity index (χ1) is 12.2. The van der Waals surface area contributed by atoms with Gasteiger partial charge >= 0.3 is 0 Å². The van der Waals surface area contributed by atoms with E-state index in [-0.39, 0.29) is 23.1 Å². The van der Waals surface area contributed by atoms with E-state index in [1.54, 1.807) is 6.07 Å². The smallest absolute Gasteiger partial charge is 0.261 e. The zero-order valence-electron chi connectivity index (χ0n) is 13.8. The Balaban J connectivity index is 1.34. The number of H-pyrrole nitrogens is 1. The van der Waals surface area contributed by atoms with Gasteiger partial charge in [-0.1, -0.05) is 5.16 Å². The van der Waals surface area contributed by atoms with E-state index in [9.17, 15) is 9.59 Å². The molecule has 8 heteroatoms. The largest absolute Gasteiger partial charge is 0.368 e. The Bertz CT molecular complexity index is 835. The third-order valence-electron chi connectivity index (χ3n) is 4.66. The Morgan fingerprint density at radius 1 is 1.36 bits per heavy atom. The van der Waals surface area contributed by atoms with E-state index >= 15 is 0 Å². The normalized spacial score (nSPS) is 19.1. The van der Waals surface area contributed by atoms with Gasteiger partial charge in [-0.25, -0.2) is 0 Å². The average molecular weight is 344 g/mol. The number of amides is 1. The first-order valence-corrected chi connectivity index (χ1v) is 8.68. The quantitative estimate of drug-likeness (QED) is 0.839. The second-order valence-electron chi connectivity index (χ2n) is 6.43. The van der Waals surface area contributed by atoms with Gasteiger partial charge in [0.2, 0.25) is 0 Å². The number of aryl methyl sites for hydroxylation is 2. The highest BCUT2D eigenvalue weighted by Crippen LogP contribution is 2.26. The number of carbonyl (C=O) groups is 1. The second kappa shape index (κ2) is 6.79. The van der Waals surface area contributed by atoms with E-state index in [0.29, 0.717) is 31.3 Å². The molecule has 25 heavy (non-hydrogen) atoms. The lowest BCUT2D eigenvalue weighted by molar-refractivity contribution is 0.0835. The van der Waals surface area contributed by atoms with Crippen LogP contribution < -0.4 is 10.9 Å². The maximum Gasteiger partial charge on any atom is 0.261 e. The molecule has 1 aliphatic heterocycles. The van der Waals surface area contributed by atoms with Crippen molar-refractivity contribution >= 4 is 5.91 Å². The number of ether oxygens (including phenoxy) is 1. The highest BCUT2D eigenvalue weighted by molar-refractivity contribution is 5.94. The molecule has 1 amide bonds. The van der Waals surface area contributed by atoms with Gasteiger partial charge in [-0.05, 0) is 43.7 Å². The summed E-state index contributed by atoms with van der Waals surface area (Å²) >= 11 is 0. The number of aromatic amines is 1. The summed E-state index contributed by atoms with van der Waals surface area (Å²) in [5, 5.41) is 6.66. The zero-order valence-corrected chi connectivity index (χ0v) is 13.8. The van der Waals surface area contributed by atoms with Crippen LogP contribution in [0.3, 0.4) is 0 Å². The Hall–Kier alpha value is -2.48. The Kier molecular flexibility index (Phi) is 4.35. The molecule has 0 aromatic carbocycles. The fourth-order valence-electron chi connectivity index (χ4n) is 3.34. The van der Waals surface area contributed by atoms with Gasteiger partial charge in [0.15, 0.2) is 5.82 Å². The number of nitrogens with zero attached hydrogens (tertiary/aromatic N) is 2. The number of hydrogen-bond acceptors (Lipinski definition) is 6. The third kappa shape index (κ3) is 3.34. The maximum absolute atomic E-state index is 12.3. The predicted octanol–water partition coefficient (Wildman–Crippen LogP) is 1.07. The number of rotatable bonds is 5. The number of carbonyl (C=O) groups excluding carboxylic acids is 1. The van der Waals surface area contributed by atoms with E-state index in [4.69, 9.17) is 9.26 Å². The van der Waals surface area contributed by atoms with Crippen molar-refractivity contribution in [1.29, 1.82) is 0 Å². The van der Waals surface area contributed by atoms with Gasteiger partial charge in [0, 0.05) is 25.3 Å². The van der Waals surface area contributed by atoms with Crippen molar-refractivity contribution in [2.75, 3.05) is 13.2 Å². The molecule has 8 nitrogen and oxygen atoms in total. The van der Waals surface area contributed by atoms with Crippen molar-refractivity contribution in [2.24, 2.45) is 0 Å². The minimum Gasteiger partial charge on any atom is -0.368 e. The zero-order chi connectivity index (χ0) is 17.2. The van der Waals surface area contributed by atoms with Crippen LogP contribution in [0.4, 0.5) is 0 Å². The molecule has 2 aromatic heterocycles. The molecular weight excluding hydrogens is 324 g/mol. The van der Waals surface area contributed by atoms with E-state index < -0.39 is 0 Å². The van der Waals surface area contributed by atoms with Crippen molar-refractivity contribution in [3.63, 3.8) is 0 Å². The molecule has 132 valence electrons. The summed E-state index contributed by atoms with van der Waals surface area (Å²) in [6, 6.07) is 1.71. The molecule has 0 unspecified atom stereocenters. The van der Waals surface area contributed by atoms with Gasteiger partial charge in [-0.2, -0.15) is 4.98 Å². The van der Waals surface area contributed by atoms with Crippen LogP contribution in [0.15, 0.2) is 15.4 Å². The van der Waals surface area contributed by atoms with E-state index in [0.717, 1.165) is 43.4 Å². The van der Waals surface area contributed by atoms with Gasteiger partial charge in [0.05, 0.1) is 0 Å². The SMILES string of the molecule is O=C(NCCc1noc([C@@H]2CCCO2)n1)c1cc2c([nH]c1=O)CCC2. The summed E-state index contributed by atoms with van der Waals surface area (Å²) in [6.07, 6.45) is 5.00. The van der Waals surface area contributed by atoms with Crippen LogP contribution in [-0.2, 0) is 24.0 Å². The van der Waals surface area contributed by atoms with Crippen LogP contribution in [0.1, 0.15) is 58.7 Å². The third-order valence-corrected chi connectivity index (χ3v) is 4.66. The number of aromatic nitrogens is 3. The van der Waals surface area contributed by atoms with Crippen molar-refractivity contribution in [1.82, 2.24) is 20.4 Å². The van der Waals surface area contributed by atoms with Crippen LogP contribution in [0.5, 0.6) is 0 Å². The number of pyridine rings is 1. The van der Waals surface area contributed by atoms with Crippen molar-refractivity contribution in [3.8, 4) is 0 Å². The highest BCUT2D eigenvalue weighted by atomic mass is 16.5. The summed E-state index contributed by atoms with van der Waals surface area (Å²) in [5.74, 6) is 0.640. The van der Waals surface area contributed by atoms with E-state index in [2.05, 4.69) is 20.4 Å². The summed E-state index contributed by atoms with van der Waals surface area (Å²) < 4.78 is 10.7. The minimum atomic E-state index is -0.376. The maximum atomic E-state index is 12.3. The first-order valence-electron chi connectivity index (χ1n) is 8.68. The first kappa shape index (κ1) is 16.0. The van der Waals surface area contributed by atoms with Gasteiger partial charge in [-0.3, -0.25) is 9.59 Å². The van der Waals surface area contributed by atoms with Crippen LogP contribution in [0.25, 0.3) is 0 Å². The molecule has 1 atom stereocenters. The summed E-state index contributed by atoms with van der Waals surface area (Å²) in [5.41, 5.74) is 1.84. The fraction of sp³-hybridized carbons (Fsp3) is 0.529.